The maximum atomic E-state index is 11.8. The van der Waals surface area contributed by atoms with Gasteiger partial charge >= 0.3 is 5.97 Å². The van der Waals surface area contributed by atoms with Gasteiger partial charge in [-0.2, -0.15) is 0 Å². The Morgan fingerprint density at radius 1 is 1.53 bits per heavy atom. The highest BCUT2D eigenvalue weighted by Crippen LogP contribution is 2.18. The van der Waals surface area contributed by atoms with Crippen LogP contribution in [0.4, 0.5) is 0 Å². The second-order valence-corrected chi connectivity index (χ2v) is 4.19. The predicted octanol–water partition coefficient (Wildman–Crippen LogP) is -0.260. The number of ether oxygens (including phenoxy) is 1. The van der Waals surface area contributed by atoms with E-state index in [0.717, 1.165) is 6.42 Å². The molecule has 6 heteroatoms. The summed E-state index contributed by atoms with van der Waals surface area (Å²) < 4.78 is 4.68. The Hall–Kier alpha value is -1.59. The van der Waals surface area contributed by atoms with E-state index in [1.807, 2.05) is 14.1 Å². The van der Waals surface area contributed by atoms with Crippen molar-refractivity contribution in [2.24, 2.45) is 4.99 Å². The summed E-state index contributed by atoms with van der Waals surface area (Å²) in [7, 11) is 5.01. The molecule has 0 radical (unpaired) electrons. The molecule has 1 heterocycles. The zero-order valence-electron chi connectivity index (χ0n) is 10.5. The van der Waals surface area contributed by atoms with Gasteiger partial charge in [0, 0.05) is 20.6 Å². The molecule has 1 unspecified atom stereocenters. The molecule has 0 aliphatic carbocycles. The summed E-state index contributed by atoms with van der Waals surface area (Å²) in [5, 5.41) is 0. The van der Waals surface area contributed by atoms with Crippen LogP contribution in [-0.4, -0.2) is 68.4 Å². The monoisotopic (exact) mass is 241 g/mol. The minimum absolute atomic E-state index is 0.0751. The van der Waals surface area contributed by atoms with Crippen molar-refractivity contribution in [2.75, 3.05) is 34.3 Å². The van der Waals surface area contributed by atoms with Crippen LogP contribution in [0.3, 0.4) is 0 Å². The van der Waals surface area contributed by atoms with Gasteiger partial charge in [0.25, 0.3) is 0 Å². The van der Waals surface area contributed by atoms with E-state index in [1.54, 1.807) is 16.1 Å². The Balaban J connectivity index is 2.53. The number of methoxy groups -OCH3 is 1. The van der Waals surface area contributed by atoms with Gasteiger partial charge in [-0.3, -0.25) is 9.79 Å². The van der Waals surface area contributed by atoms with E-state index in [4.69, 9.17) is 0 Å². The summed E-state index contributed by atoms with van der Waals surface area (Å²) in [5.41, 5.74) is 0. The molecule has 1 fully saturated rings. The zero-order valence-corrected chi connectivity index (χ0v) is 10.5. The number of amides is 1. The van der Waals surface area contributed by atoms with Gasteiger partial charge in [-0.25, -0.2) is 4.79 Å². The Labute approximate surface area is 101 Å². The fourth-order valence-corrected chi connectivity index (χ4v) is 1.82. The molecule has 1 amide bonds. The van der Waals surface area contributed by atoms with E-state index in [9.17, 15) is 9.59 Å². The minimum Gasteiger partial charge on any atom is -0.467 e. The van der Waals surface area contributed by atoms with E-state index < -0.39 is 6.04 Å². The number of esters is 1. The number of carbonyl (C=O) groups excluding carboxylic acids is 2. The largest absolute Gasteiger partial charge is 0.467 e. The lowest BCUT2D eigenvalue weighted by Gasteiger charge is -2.21. The number of likely N-dealkylation sites (tertiary alicyclic amines) is 1. The van der Waals surface area contributed by atoms with Crippen molar-refractivity contribution in [1.29, 1.82) is 0 Å². The molecule has 1 aliphatic rings. The van der Waals surface area contributed by atoms with Crippen molar-refractivity contribution >= 4 is 18.2 Å². The summed E-state index contributed by atoms with van der Waals surface area (Å²) in [6.45, 7) is 0.682. The van der Waals surface area contributed by atoms with E-state index >= 15 is 0 Å². The summed E-state index contributed by atoms with van der Waals surface area (Å²) >= 11 is 0. The molecule has 1 rings (SSSR count). The number of carbonyl (C=O) groups is 2. The van der Waals surface area contributed by atoms with Gasteiger partial charge < -0.3 is 14.5 Å². The maximum Gasteiger partial charge on any atom is 0.328 e. The van der Waals surface area contributed by atoms with Crippen LogP contribution in [0.2, 0.25) is 0 Å². The number of hydrogen-bond acceptors (Lipinski definition) is 4. The van der Waals surface area contributed by atoms with E-state index in [-0.39, 0.29) is 18.4 Å². The normalized spacial score (nSPS) is 19.7. The van der Waals surface area contributed by atoms with Gasteiger partial charge in [0.05, 0.1) is 13.4 Å². The van der Waals surface area contributed by atoms with Crippen LogP contribution in [0, 0.1) is 0 Å². The second kappa shape index (κ2) is 6.22. The van der Waals surface area contributed by atoms with Gasteiger partial charge in [-0.15, -0.1) is 0 Å². The summed E-state index contributed by atoms with van der Waals surface area (Å²) in [6, 6.07) is -0.429. The third kappa shape index (κ3) is 3.72. The van der Waals surface area contributed by atoms with Crippen LogP contribution < -0.4 is 0 Å². The molecule has 0 spiro atoms. The lowest BCUT2D eigenvalue weighted by Crippen LogP contribution is -2.42. The molecule has 17 heavy (non-hydrogen) atoms. The first-order valence-corrected chi connectivity index (χ1v) is 5.60. The number of aliphatic imine (C=N–C) groups is 1. The summed E-state index contributed by atoms with van der Waals surface area (Å²) in [4.78, 5) is 30.6. The van der Waals surface area contributed by atoms with Crippen LogP contribution in [0.1, 0.15) is 12.8 Å². The van der Waals surface area contributed by atoms with Crippen molar-refractivity contribution in [3.8, 4) is 0 Å². The van der Waals surface area contributed by atoms with Crippen LogP contribution in [0.25, 0.3) is 0 Å². The topological polar surface area (TPSA) is 62.2 Å². The summed E-state index contributed by atoms with van der Waals surface area (Å²) in [6.07, 6.45) is 3.10. The fourth-order valence-electron chi connectivity index (χ4n) is 1.82. The third-order valence-electron chi connectivity index (χ3n) is 2.59. The van der Waals surface area contributed by atoms with Gasteiger partial charge in [0.2, 0.25) is 5.91 Å². The molecule has 0 aromatic carbocycles. The molecular weight excluding hydrogens is 222 g/mol. The Bertz CT molecular complexity index is 315. The van der Waals surface area contributed by atoms with Gasteiger partial charge in [-0.1, -0.05) is 0 Å². The van der Waals surface area contributed by atoms with E-state index in [0.29, 0.717) is 13.0 Å². The first kappa shape index (κ1) is 13.5. The Morgan fingerprint density at radius 3 is 2.82 bits per heavy atom. The quantitative estimate of drug-likeness (QED) is 0.386. The van der Waals surface area contributed by atoms with Gasteiger partial charge in [0.15, 0.2) is 0 Å². The van der Waals surface area contributed by atoms with Crippen LogP contribution in [0.15, 0.2) is 4.99 Å². The molecule has 1 atom stereocenters. The number of nitrogens with zero attached hydrogens (tertiary/aromatic N) is 3. The molecule has 0 aromatic rings. The predicted molar refractivity (Wildman–Crippen MR) is 63.8 cm³/mol. The first-order chi connectivity index (χ1) is 8.06. The molecule has 0 N–H and O–H groups in total. The van der Waals surface area contributed by atoms with Crippen molar-refractivity contribution in [3.63, 3.8) is 0 Å². The Morgan fingerprint density at radius 2 is 2.24 bits per heavy atom. The highest BCUT2D eigenvalue weighted by atomic mass is 16.5. The molecule has 0 aromatic heterocycles. The fraction of sp³-hybridized carbons (Fsp3) is 0.727. The summed E-state index contributed by atoms with van der Waals surface area (Å²) in [5.74, 6) is -0.469. The van der Waals surface area contributed by atoms with Gasteiger partial charge in [-0.05, 0) is 12.8 Å². The SMILES string of the molecule is COC(=O)C1CCCN1C(=O)CN=CN(C)C. The van der Waals surface area contributed by atoms with E-state index in [1.165, 1.54) is 7.11 Å². The van der Waals surface area contributed by atoms with Crippen LogP contribution in [-0.2, 0) is 14.3 Å². The molecule has 1 aliphatic heterocycles. The lowest BCUT2D eigenvalue weighted by molar-refractivity contribution is -0.150. The molecule has 0 bridgehead atoms. The number of hydrogen-bond donors (Lipinski definition) is 0. The molecular formula is C11H19N3O3. The first-order valence-electron chi connectivity index (χ1n) is 5.60. The highest BCUT2D eigenvalue weighted by Gasteiger charge is 2.34. The van der Waals surface area contributed by atoms with Gasteiger partial charge in [0.1, 0.15) is 12.6 Å². The second-order valence-electron chi connectivity index (χ2n) is 4.19. The zero-order chi connectivity index (χ0) is 12.8. The van der Waals surface area contributed by atoms with E-state index in [2.05, 4.69) is 9.73 Å². The minimum atomic E-state index is -0.429. The molecule has 6 nitrogen and oxygen atoms in total. The van der Waals surface area contributed by atoms with Crippen molar-refractivity contribution < 1.29 is 14.3 Å². The van der Waals surface area contributed by atoms with Crippen LogP contribution in [0.5, 0.6) is 0 Å². The molecule has 1 saturated heterocycles. The maximum absolute atomic E-state index is 11.8. The standard InChI is InChI=1S/C11H19N3O3/c1-13(2)8-12-7-10(15)14-6-4-5-9(14)11(16)17-3/h8-9H,4-7H2,1-3H3. The van der Waals surface area contributed by atoms with Crippen molar-refractivity contribution in [2.45, 2.75) is 18.9 Å². The Kier molecular flexibility index (Phi) is 4.93. The smallest absolute Gasteiger partial charge is 0.328 e. The lowest BCUT2D eigenvalue weighted by atomic mass is 10.2. The average Bonchev–Trinajstić information content (AvgIpc) is 2.76. The highest BCUT2D eigenvalue weighted by molar-refractivity contribution is 5.86. The third-order valence-corrected chi connectivity index (χ3v) is 2.59. The number of rotatable bonds is 4. The van der Waals surface area contributed by atoms with Crippen molar-refractivity contribution in [1.82, 2.24) is 9.80 Å². The van der Waals surface area contributed by atoms with Crippen LogP contribution >= 0.6 is 0 Å². The average molecular weight is 241 g/mol. The molecule has 0 saturated carbocycles. The van der Waals surface area contributed by atoms with Crippen molar-refractivity contribution in [3.05, 3.63) is 0 Å². The molecule has 96 valence electrons.